The minimum atomic E-state index is -1.47. The first-order valence-corrected chi connectivity index (χ1v) is 6.74. The van der Waals surface area contributed by atoms with Crippen molar-refractivity contribution in [3.05, 3.63) is 59.7 Å². The smallest absolute Gasteiger partial charge is 0.488 e. The largest absolute Gasteiger partial charge is 0.489 e. The van der Waals surface area contributed by atoms with Crippen molar-refractivity contribution >= 4 is 12.6 Å². The van der Waals surface area contributed by atoms with Gasteiger partial charge in [-0.25, -0.2) is 0 Å². The summed E-state index contributed by atoms with van der Waals surface area (Å²) in [6.45, 7) is 4.61. The topological polar surface area (TPSA) is 49.7 Å². The van der Waals surface area contributed by atoms with E-state index in [-0.39, 0.29) is 0 Å². The Hall–Kier alpha value is -1.78. The molecule has 2 rings (SSSR count). The minimum Gasteiger partial charge on any atom is -0.489 e. The molecule has 0 amide bonds. The number of hydrogen-bond donors (Lipinski definition) is 2. The van der Waals surface area contributed by atoms with E-state index in [0.29, 0.717) is 18.0 Å². The molecule has 0 radical (unpaired) electrons. The summed E-state index contributed by atoms with van der Waals surface area (Å²) in [7, 11) is -1.47. The zero-order valence-corrected chi connectivity index (χ0v) is 11.8. The fraction of sp³-hybridized carbons (Fsp3) is 0.250. The maximum absolute atomic E-state index is 9.30. The fourth-order valence-electron chi connectivity index (χ4n) is 2.03. The third kappa shape index (κ3) is 3.62. The van der Waals surface area contributed by atoms with Crippen molar-refractivity contribution in [2.24, 2.45) is 0 Å². The van der Waals surface area contributed by atoms with Gasteiger partial charge in [0.2, 0.25) is 0 Å². The van der Waals surface area contributed by atoms with Crippen LogP contribution in [0.3, 0.4) is 0 Å². The summed E-state index contributed by atoms with van der Waals surface area (Å²) in [6, 6.07) is 15.1. The van der Waals surface area contributed by atoms with Crippen LogP contribution >= 0.6 is 0 Å². The normalized spacial score (nSPS) is 10.7. The molecule has 0 saturated heterocycles. The molecule has 0 aromatic heterocycles. The Morgan fingerprint density at radius 1 is 1.00 bits per heavy atom. The Balaban J connectivity index is 2.05. The number of ether oxygens (including phenoxy) is 1. The minimum absolute atomic E-state index is 0.314. The summed E-state index contributed by atoms with van der Waals surface area (Å²) in [5.74, 6) is 1.27. The highest BCUT2D eigenvalue weighted by atomic mass is 16.5. The predicted molar refractivity (Wildman–Crippen MR) is 81.1 cm³/mol. The van der Waals surface area contributed by atoms with Crippen molar-refractivity contribution in [1.82, 2.24) is 0 Å². The quantitative estimate of drug-likeness (QED) is 0.818. The Labute approximate surface area is 120 Å². The van der Waals surface area contributed by atoms with Crippen LogP contribution in [0.4, 0.5) is 0 Å². The van der Waals surface area contributed by atoms with Crippen LogP contribution in [0.2, 0.25) is 0 Å². The molecular weight excluding hydrogens is 251 g/mol. The van der Waals surface area contributed by atoms with E-state index in [9.17, 15) is 10.0 Å². The predicted octanol–water partition coefficient (Wildman–Crippen LogP) is 2.07. The molecule has 20 heavy (non-hydrogen) atoms. The Morgan fingerprint density at radius 3 is 2.25 bits per heavy atom. The first-order chi connectivity index (χ1) is 9.58. The van der Waals surface area contributed by atoms with Crippen LogP contribution in [0.15, 0.2) is 48.5 Å². The van der Waals surface area contributed by atoms with Crippen LogP contribution in [0.25, 0.3) is 0 Å². The van der Waals surface area contributed by atoms with Gasteiger partial charge in [-0.3, -0.25) is 0 Å². The molecule has 0 atom stereocenters. The molecule has 3 nitrogen and oxygen atoms in total. The zero-order chi connectivity index (χ0) is 14.5. The van der Waals surface area contributed by atoms with Crippen molar-refractivity contribution in [3.8, 4) is 5.75 Å². The van der Waals surface area contributed by atoms with Crippen LogP contribution in [-0.2, 0) is 6.61 Å². The van der Waals surface area contributed by atoms with Gasteiger partial charge in [0.1, 0.15) is 12.4 Å². The van der Waals surface area contributed by atoms with Gasteiger partial charge in [0, 0.05) is 0 Å². The maximum Gasteiger partial charge on any atom is 0.488 e. The summed E-state index contributed by atoms with van der Waals surface area (Å²) >= 11 is 0. The van der Waals surface area contributed by atoms with E-state index in [4.69, 9.17) is 4.74 Å². The summed E-state index contributed by atoms with van der Waals surface area (Å²) in [6.07, 6.45) is 0. The van der Waals surface area contributed by atoms with E-state index in [1.54, 1.807) is 12.1 Å². The SMILES string of the molecule is CC(C)c1ccc(OCc2ccccc2B(O)O)cc1. The maximum atomic E-state index is 9.30. The van der Waals surface area contributed by atoms with Crippen LogP contribution in [0.1, 0.15) is 30.9 Å². The first kappa shape index (κ1) is 14.6. The molecule has 0 aliphatic heterocycles. The van der Waals surface area contributed by atoms with Crippen LogP contribution < -0.4 is 10.2 Å². The Bertz CT molecular complexity index is 550. The highest BCUT2D eigenvalue weighted by Crippen LogP contribution is 2.19. The van der Waals surface area contributed by atoms with Crippen molar-refractivity contribution in [3.63, 3.8) is 0 Å². The molecule has 0 aliphatic rings. The molecular formula is C16H19BO3. The lowest BCUT2D eigenvalue weighted by molar-refractivity contribution is 0.306. The van der Waals surface area contributed by atoms with E-state index in [1.807, 2.05) is 36.4 Å². The molecule has 0 aliphatic carbocycles. The van der Waals surface area contributed by atoms with Gasteiger partial charge in [0.15, 0.2) is 0 Å². The van der Waals surface area contributed by atoms with Crippen LogP contribution in [0.5, 0.6) is 5.75 Å². The fourth-order valence-corrected chi connectivity index (χ4v) is 2.03. The van der Waals surface area contributed by atoms with Gasteiger partial charge >= 0.3 is 7.12 Å². The van der Waals surface area contributed by atoms with Crippen molar-refractivity contribution in [1.29, 1.82) is 0 Å². The molecule has 2 aromatic carbocycles. The second-order valence-electron chi connectivity index (χ2n) is 5.08. The summed E-state index contributed by atoms with van der Waals surface area (Å²) in [5.41, 5.74) is 2.52. The molecule has 0 saturated carbocycles. The van der Waals surface area contributed by atoms with Crippen molar-refractivity contribution in [2.45, 2.75) is 26.4 Å². The lowest BCUT2D eigenvalue weighted by Gasteiger charge is -2.11. The molecule has 4 heteroatoms. The van der Waals surface area contributed by atoms with Gasteiger partial charge in [-0.05, 0) is 34.6 Å². The molecule has 2 N–H and O–H groups in total. The average molecular weight is 270 g/mol. The van der Waals surface area contributed by atoms with Crippen molar-refractivity contribution in [2.75, 3.05) is 0 Å². The molecule has 0 spiro atoms. The van der Waals surface area contributed by atoms with Crippen LogP contribution in [-0.4, -0.2) is 17.2 Å². The van der Waals surface area contributed by atoms with Gasteiger partial charge in [-0.15, -0.1) is 0 Å². The van der Waals surface area contributed by atoms with Gasteiger partial charge in [-0.1, -0.05) is 50.2 Å². The van der Waals surface area contributed by atoms with Gasteiger partial charge < -0.3 is 14.8 Å². The van der Waals surface area contributed by atoms with E-state index in [1.165, 1.54) is 5.56 Å². The Kier molecular flexibility index (Phi) is 4.82. The first-order valence-electron chi connectivity index (χ1n) is 6.74. The summed E-state index contributed by atoms with van der Waals surface area (Å²) in [5, 5.41) is 18.6. The van der Waals surface area contributed by atoms with Gasteiger partial charge in [0.25, 0.3) is 0 Å². The van der Waals surface area contributed by atoms with E-state index in [2.05, 4.69) is 13.8 Å². The molecule has 0 bridgehead atoms. The monoisotopic (exact) mass is 270 g/mol. The number of rotatable bonds is 5. The summed E-state index contributed by atoms with van der Waals surface area (Å²) in [4.78, 5) is 0. The second kappa shape index (κ2) is 6.59. The van der Waals surface area contributed by atoms with E-state index < -0.39 is 7.12 Å². The van der Waals surface area contributed by atoms with E-state index >= 15 is 0 Å². The lowest BCUT2D eigenvalue weighted by atomic mass is 9.77. The third-order valence-electron chi connectivity index (χ3n) is 3.27. The molecule has 0 fully saturated rings. The number of benzene rings is 2. The van der Waals surface area contributed by atoms with Crippen LogP contribution in [0, 0.1) is 0 Å². The highest BCUT2D eigenvalue weighted by Gasteiger charge is 2.15. The molecule has 2 aromatic rings. The molecule has 104 valence electrons. The average Bonchev–Trinajstić information content (AvgIpc) is 2.45. The van der Waals surface area contributed by atoms with Crippen molar-refractivity contribution < 1.29 is 14.8 Å². The summed E-state index contributed by atoms with van der Waals surface area (Å²) < 4.78 is 5.70. The molecule has 0 heterocycles. The molecule has 0 unspecified atom stereocenters. The zero-order valence-electron chi connectivity index (χ0n) is 11.8. The Morgan fingerprint density at radius 2 is 1.65 bits per heavy atom. The lowest BCUT2D eigenvalue weighted by Crippen LogP contribution is -2.33. The van der Waals surface area contributed by atoms with E-state index in [0.717, 1.165) is 11.3 Å². The van der Waals surface area contributed by atoms with Gasteiger partial charge in [-0.2, -0.15) is 0 Å². The standard InChI is InChI=1S/C16H19BO3/c1-12(2)13-7-9-15(10-8-13)20-11-14-5-3-4-6-16(14)17(18)19/h3-10,12,18-19H,11H2,1-2H3. The van der Waals surface area contributed by atoms with Gasteiger partial charge in [0.05, 0.1) is 0 Å². The third-order valence-corrected chi connectivity index (χ3v) is 3.27. The second-order valence-corrected chi connectivity index (χ2v) is 5.08. The highest BCUT2D eigenvalue weighted by molar-refractivity contribution is 6.59. The number of hydrogen-bond acceptors (Lipinski definition) is 3.